The Morgan fingerprint density at radius 2 is 1.77 bits per heavy atom. The lowest BCUT2D eigenvalue weighted by Gasteiger charge is -2.43. The average Bonchev–Trinajstić information content (AvgIpc) is 3.40. The van der Waals surface area contributed by atoms with Gasteiger partial charge < -0.3 is 20.6 Å². The van der Waals surface area contributed by atoms with Crippen molar-refractivity contribution in [2.75, 3.05) is 6.61 Å². The van der Waals surface area contributed by atoms with Crippen molar-refractivity contribution < 1.29 is 19.5 Å². The normalized spacial score (nSPS) is 31.0. The van der Waals surface area contributed by atoms with Gasteiger partial charge >= 0.3 is 0 Å². The maximum Gasteiger partial charge on any atom is 0.244 e. The van der Waals surface area contributed by atoms with Crippen molar-refractivity contribution in [3.8, 4) is 0 Å². The van der Waals surface area contributed by atoms with E-state index in [1.165, 1.54) is 0 Å². The molecular weight excluding hydrogens is 510 g/mol. The first-order chi connectivity index (χ1) is 18.1. The summed E-state index contributed by atoms with van der Waals surface area (Å²) in [6.45, 7) is 16.7. The van der Waals surface area contributed by atoms with Gasteiger partial charge in [0, 0.05) is 17.3 Å². The molecule has 1 spiro atoms. The molecule has 2 bridgehead atoms. The lowest BCUT2D eigenvalue weighted by molar-refractivity contribution is -0.144. The lowest BCUT2D eigenvalue weighted by Crippen LogP contribution is -2.62. The average molecular weight is 558 g/mol. The number of benzene rings is 1. The maximum absolute atomic E-state index is 14.4. The summed E-state index contributed by atoms with van der Waals surface area (Å²) in [6, 6.07) is 8.51. The van der Waals surface area contributed by atoms with E-state index in [0.717, 1.165) is 18.4 Å². The summed E-state index contributed by atoms with van der Waals surface area (Å²) in [5.74, 6) is -1.53. The summed E-state index contributed by atoms with van der Waals surface area (Å²) in [6.07, 6.45) is 1.55. The number of nitrogens with one attached hydrogen (secondary N) is 2. The summed E-state index contributed by atoms with van der Waals surface area (Å²) in [4.78, 5) is 44.0. The molecule has 3 amide bonds. The number of carbonyl (C=O) groups is 3. The number of amides is 3. The van der Waals surface area contributed by atoms with Crippen LogP contribution in [0.25, 0.3) is 0 Å². The number of fused-ring (bicyclic) bond motifs is 1. The third-order valence-corrected chi connectivity index (χ3v) is 10.9. The fourth-order valence-electron chi connectivity index (χ4n) is 7.71. The SMILES string of the molecule is CC(C)[C@H](CO)N1C(=O)[C@@H]2[C@H](C(=O)NCc3ccccc3)[C@@H]3CC(C)C2(S3)C1C(=O)NC(C)(C)CC(C)(C)C. The fourth-order valence-corrected chi connectivity index (χ4v) is 10.1. The Kier molecular flexibility index (Phi) is 8.23. The molecule has 7 nitrogen and oxygen atoms in total. The van der Waals surface area contributed by atoms with Gasteiger partial charge in [-0.25, -0.2) is 0 Å². The van der Waals surface area contributed by atoms with Crippen LogP contribution in [0, 0.1) is 29.1 Å². The minimum Gasteiger partial charge on any atom is -0.394 e. The zero-order valence-electron chi connectivity index (χ0n) is 24.8. The lowest BCUT2D eigenvalue weighted by atomic mass is 9.65. The molecule has 1 aromatic rings. The van der Waals surface area contributed by atoms with Crippen molar-refractivity contribution in [3.63, 3.8) is 0 Å². The predicted octanol–water partition coefficient (Wildman–Crippen LogP) is 3.99. The molecule has 0 aromatic heterocycles. The van der Waals surface area contributed by atoms with Gasteiger partial charge in [-0.3, -0.25) is 14.4 Å². The molecule has 3 aliphatic heterocycles. The highest BCUT2D eigenvalue weighted by Crippen LogP contribution is 2.69. The number of nitrogens with zero attached hydrogens (tertiary/aromatic N) is 1. The highest BCUT2D eigenvalue weighted by Gasteiger charge is 2.76. The third-order valence-electron chi connectivity index (χ3n) is 8.79. The van der Waals surface area contributed by atoms with Crippen LogP contribution in [-0.4, -0.2) is 62.0 Å². The molecule has 1 aromatic carbocycles. The van der Waals surface area contributed by atoms with E-state index >= 15 is 0 Å². The van der Waals surface area contributed by atoms with E-state index in [9.17, 15) is 19.5 Å². The maximum atomic E-state index is 14.4. The predicted molar refractivity (Wildman–Crippen MR) is 156 cm³/mol. The van der Waals surface area contributed by atoms with Crippen LogP contribution in [0.4, 0.5) is 0 Å². The number of hydrogen-bond acceptors (Lipinski definition) is 5. The number of carbonyl (C=O) groups excluding carboxylic acids is 3. The molecule has 216 valence electrons. The summed E-state index contributed by atoms with van der Waals surface area (Å²) >= 11 is 1.67. The molecule has 3 heterocycles. The summed E-state index contributed by atoms with van der Waals surface area (Å²) < 4.78 is -0.708. The quantitative estimate of drug-likeness (QED) is 0.427. The second kappa shape index (κ2) is 10.7. The Morgan fingerprint density at radius 1 is 1.13 bits per heavy atom. The topological polar surface area (TPSA) is 98.7 Å². The Bertz CT molecular complexity index is 1090. The first kappa shape index (κ1) is 29.9. The van der Waals surface area contributed by atoms with Gasteiger partial charge in [0.15, 0.2) is 0 Å². The Morgan fingerprint density at radius 3 is 2.33 bits per heavy atom. The first-order valence-electron chi connectivity index (χ1n) is 14.4. The monoisotopic (exact) mass is 557 g/mol. The molecule has 3 unspecified atom stereocenters. The van der Waals surface area contributed by atoms with E-state index < -0.39 is 34.2 Å². The highest BCUT2D eigenvalue weighted by atomic mass is 32.2. The van der Waals surface area contributed by atoms with Crippen molar-refractivity contribution in [2.24, 2.45) is 29.1 Å². The standard InChI is InChI=1S/C31H47N3O4S/c1-18(2)21(16-35)34-25(27(37)33-30(7,8)17-29(4,5)6)31-19(3)14-22(39-31)23(24(31)28(34)38)26(36)32-15-20-12-10-9-11-13-20/h9-13,18-19,21-25,35H,14-17H2,1-8H3,(H,32,36)(H,33,37)/t19?,21-,22-,23+,24-,25?,31?/m0/s1. The van der Waals surface area contributed by atoms with Crippen molar-refractivity contribution in [3.05, 3.63) is 35.9 Å². The molecule has 0 radical (unpaired) electrons. The van der Waals surface area contributed by atoms with Crippen LogP contribution >= 0.6 is 11.8 Å². The van der Waals surface area contributed by atoms with Crippen LogP contribution in [0.15, 0.2) is 30.3 Å². The van der Waals surface area contributed by atoms with Crippen LogP contribution in [0.1, 0.15) is 73.8 Å². The van der Waals surface area contributed by atoms with Gasteiger partial charge in [0.25, 0.3) is 0 Å². The van der Waals surface area contributed by atoms with Gasteiger partial charge in [-0.15, -0.1) is 11.8 Å². The number of aliphatic hydroxyl groups excluding tert-OH is 1. The van der Waals surface area contributed by atoms with Gasteiger partial charge in [-0.1, -0.05) is 71.9 Å². The van der Waals surface area contributed by atoms with Crippen LogP contribution in [0.5, 0.6) is 0 Å². The van der Waals surface area contributed by atoms with Gasteiger partial charge in [0.2, 0.25) is 17.7 Å². The van der Waals surface area contributed by atoms with Crippen molar-refractivity contribution in [1.29, 1.82) is 0 Å². The molecule has 39 heavy (non-hydrogen) atoms. The Hall–Kier alpha value is -2.06. The van der Waals surface area contributed by atoms with Crippen molar-refractivity contribution >= 4 is 29.5 Å². The molecule has 3 saturated heterocycles. The number of rotatable bonds is 9. The molecule has 8 heteroatoms. The molecule has 3 N–H and O–H groups in total. The largest absolute Gasteiger partial charge is 0.394 e. The van der Waals surface area contributed by atoms with Crippen LogP contribution in [-0.2, 0) is 20.9 Å². The van der Waals surface area contributed by atoms with E-state index in [0.29, 0.717) is 6.54 Å². The van der Waals surface area contributed by atoms with Crippen LogP contribution < -0.4 is 10.6 Å². The Labute approximate surface area is 238 Å². The van der Waals surface area contributed by atoms with Gasteiger partial charge in [-0.05, 0) is 49.5 Å². The third kappa shape index (κ3) is 5.48. The number of hydrogen-bond donors (Lipinski definition) is 3. The highest BCUT2D eigenvalue weighted by molar-refractivity contribution is 8.02. The smallest absolute Gasteiger partial charge is 0.244 e. The van der Waals surface area contributed by atoms with Gasteiger partial charge in [-0.2, -0.15) is 0 Å². The van der Waals surface area contributed by atoms with Crippen LogP contribution in [0.3, 0.4) is 0 Å². The molecular formula is C31H47N3O4S. The second-order valence-electron chi connectivity index (χ2n) is 14.1. The zero-order chi connectivity index (χ0) is 28.9. The molecule has 4 rings (SSSR count). The first-order valence-corrected chi connectivity index (χ1v) is 15.3. The molecule has 0 aliphatic carbocycles. The van der Waals surface area contributed by atoms with E-state index in [4.69, 9.17) is 0 Å². The number of likely N-dealkylation sites (tertiary alicyclic amines) is 1. The minimum atomic E-state index is -0.745. The number of aliphatic hydroxyl groups is 1. The van der Waals surface area contributed by atoms with E-state index in [-0.39, 0.29) is 46.8 Å². The molecule has 3 fully saturated rings. The summed E-state index contributed by atoms with van der Waals surface area (Å²) in [7, 11) is 0. The van der Waals surface area contributed by atoms with Gasteiger partial charge in [0.05, 0.1) is 29.2 Å². The summed E-state index contributed by atoms with van der Waals surface area (Å²) in [5, 5.41) is 16.8. The second-order valence-corrected chi connectivity index (χ2v) is 15.7. The Balaban J connectivity index is 1.70. The number of thioether (sulfide) groups is 1. The fraction of sp³-hybridized carbons (Fsp3) is 0.710. The molecule has 7 atom stereocenters. The van der Waals surface area contributed by atoms with Crippen molar-refractivity contribution in [2.45, 2.75) is 102 Å². The minimum absolute atomic E-state index is 0.00411. The zero-order valence-corrected chi connectivity index (χ0v) is 25.6. The molecule has 0 saturated carbocycles. The van der Waals surface area contributed by atoms with Gasteiger partial charge in [0.1, 0.15) is 6.04 Å². The van der Waals surface area contributed by atoms with Crippen LogP contribution in [0.2, 0.25) is 0 Å². The summed E-state index contributed by atoms with van der Waals surface area (Å²) in [5.41, 5.74) is 0.523. The van der Waals surface area contributed by atoms with E-state index in [2.05, 4.69) is 38.3 Å². The van der Waals surface area contributed by atoms with Crippen molar-refractivity contribution in [1.82, 2.24) is 15.5 Å². The van der Waals surface area contributed by atoms with E-state index in [1.807, 2.05) is 58.0 Å². The van der Waals surface area contributed by atoms with E-state index in [1.54, 1.807) is 16.7 Å². The molecule has 3 aliphatic rings.